The highest BCUT2D eigenvalue weighted by Gasteiger charge is 2.45. The lowest BCUT2D eigenvalue weighted by Crippen LogP contribution is -2.53. The molecule has 1 aromatic rings. The van der Waals surface area contributed by atoms with E-state index in [1.165, 1.54) is 12.1 Å². The molecule has 0 aromatic heterocycles. The smallest absolute Gasteiger partial charge is 0.224 e. The fraction of sp³-hybridized carbons (Fsp3) is 0.611. The van der Waals surface area contributed by atoms with E-state index in [-0.39, 0.29) is 35.5 Å². The van der Waals surface area contributed by atoms with Crippen LogP contribution in [0.1, 0.15) is 51.0 Å². The SMILES string of the molecule is CC1(N)CCCCC1C(=O)NCC1(c2ccc(F)cc2)CC1.Cl. The summed E-state index contributed by atoms with van der Waals surface area (Å²) in [4.78, 5) is 12.5. The molecule has 1 amide bonds. The molecule has 23 heavy (non-hydrogen) atoms. The molecule has 0 bridgehead atoms. The molecule has 0 heterocycles. The van der Waals surface area contributed by atoms with E-state index in [0.717, 1.165) is 44.1 Å². The first-order chi connectivity index (χ1) is 10.4. The molecule has 3 N–H and O–H groups in total. The van der Waals surface area contributed by atoms with Gasteiger partial charge in [-0.15, -0.1) is 12.4 Å². The van der Waals surface area contributed by atoms with Crippen molar-refractivity contribution in [3.8, 4) is 0 Å². The van der Waals surface area contributed by atoms with Crippen molar-refractivity contribution < 1.29 is 9.18 Å². The van der Waals surface area contributed by atoms with Gasteiger partial charge in [-0.25, -0.2) is 4.39 Å². The lowest BCUT2D eigenvalue weighted by molar-refractivity contribution is -0.128. The van der Waals surface area contributed by atoms with Gasteiger partial charge in [-0.3, -0.25) is 4.79 Å². The number of hydrogen-bond donors (Lipinski definition) is 2. The highest BCUT2D eigenvalue weighted by atomic mass is 35.5. The van der Waals surface area contributed by atoms with Gasteiger partial charge >= 0.3 is 0 Å². The Labute approximate surface area is 143 Å². The minimum absolute atomic E-state index is 0. The van der Waals surface area contributed by atoms with Crippen LogP contribution in [-0.4, -0.2) is 18.0 Å². The Hall–Kier alpha value is -1.13. The van der Waals surface area contributed by atoms with E-state index < -0.39 is 5.54 Å². The van der Waals surface area contributed by atoms with Crippen LogP contribution in [0, 0.1) is 11.7 Å². The van der Waals surface area contributed by atoms with Crippen molar-refractivity contribution in [3.63, 3.8) is 0 Å². The van der Waals surface area contributed by atoms with Gasteiger partial charge in [-0.05, 0) is 50.3 Å². The van der Waals surface area contributed by atoms with E-state index in [1.807, 2.05) is 19.1 Å². The second-order valence-corrected chi connectivity index (χ2v) is 7.31. The van der Waals surface area contributed by atoms with Gasteiger partial charge in [0.1, 0.15) is 5.82 Å². The van der Waals surface area contributed by atoms with Crippen molar-refractivity contribution >= 4 is 18.3 Å². The first-order valence-corrected chi connectivity index (χ1v) is 8.26. The third-order valence-electron chi connectivity index (χ3n) is 5.48. The van der Waals surface area contributed by atoms with Crippen molar-refractivity contribution in [1.29, 1.82) is 0 Å². The van der Waals surface area contributed by atoms with E-state index in [2.05, 4.69) is 5.32 Å². The van der Waals surface area contributed by atoms with E-state index in [9.17, 15) is 9.18 Å². The second kappa shape index (κ2) is 6.78. The van der Waals surface area contributed by atoms with Gasteiger partial charge in [0.25, 0.3) is 0 Å². The minimum atomic E-state index is -0.394. The van der Waals surface area contributed by atoms with Gasteiger partial charge in [0, 0.05) is 17.5 Å². The summed E-state index contributed by atoms with van der Waals surface area (Å²) < 4.78 is 13.1. The zero-order valence-electron chi connectivity index (χ0n) is 13.6. The van der Waals surface area contributed by atoms with Crippen molar-refractivity contribution in [3.05, 3.63) is 35.6 Å². The molecule has 0 saturated heterocycles. The summed E-state index contributed by atoms with van der Waals surface area (Å²) in [6.07, 6.45) is 6.06. The molecule has 2 aliphatic carbocycles. The van der Waals surface area contributed by atoms with Gasteiger partial charge < -0.3 is 11.1 Å². The summed E-state index contributed by atoms with van der Waals surface area (Å²) in [5.41, 5.74) is 7.03. The molecule has 0 aliphatic heterocycles. The molecule has 0 spiro atoms. The fourth-order valence-electron chi connectivity index (χ4n) is 3.69. The lowest BCUT2D eigenvalue weighted by Gasteiger charge is -2.37. The first kappa shape index (κ1) is 18.2. The molecule has 2 aliphatic rings. The van der Waals surface area contributed by atoms with Gasteiger partial charge in [-0.2, -0.15) is 0 Å². The Morgan fingerprint density at radius 3 is 2.48 bits per heavy atom. The topological polar surface area (TPSA) is 55.1 Å². The number of amides is 1. The molecule has 2 saturated carbocycles. The van der Waals surface area contributed by atoms with E-state index in [1.54, 1.807) is 0 Å². The number of rotatable bonds is 4. The number of benzene rings is 1. The van der Waals surface area contributed by atoms with Gasteiger partial charge in [-0.1, -0.05) is 25.0 Å². The average Bonchev–Trinajstić information content (AvgIpc) is 3.26. The van der Waals surface area contributed by atoms with Crippen LogP contribution in [0.15, 0.2) is 24.3 Å². The quantitative estimate of drug-likeness (QED) is 0.883. The zero-order chi connectivity index (χ0) is 15.8. The summed E-state index contributed by atoms with van der Waals surface area (Å²) >= 11 is 0. The Morgan fingerprint density at radius 1 is 1.26 bits per heavy atom. The summed E-state index contributed by atoms with van der Waals surface area (Å²) in [5, 5.41) is 3.11. The van der Waals surface area contributed by atoms with Crippen LogP contribution in [0.2, 0.25) is 0 Å². The molecule has 2 unspecified atom stereocenters. The molecule has 3 nitrogen and oxygen atoms in total. The van der Waals surface area contributed by atoms with Gasteiger partial charge in [0.15, 0.2) is 0 Å². The van der Waals surface area contributed by atoms with E-state index in [4.69, 9.17) is 5.73 Å². The van der Waals surface area contributed by atoms with E-state index in [0.29, 0.717) is 6.54 Å². The zero-order valence-corrected chi connectivity index (χ0v) is 14.4. The van der Waals surface area contributed by atoms with Crippen LogP contribution in [0.4, 0.5) is 4.39 Å². The largest absolute Gasteiger partial charge is 0.355 e. The van der Waals surface area contributed by atoms with Crippen LogP contribution < -0.4 is 11.1 Å². The molecule has 2 atom stereocenters. The first-order valence-electron chi connectivity index (χ1n) is 8.26. The highest BCUT2D eigenvalue weighted by molar-refractivity contribution is 5.85. The molecule has 5 heteroatoms. The van der Waals surface area contributed by atoms with Crippen LogP contribution in [0.25, 0.3) is 0 Å². The molecule has 0 radical (unpaired) electrons. The van der Waals surface area contributed by atoms with E-state index >= 15 is 0 Å². The predicted octanol–water partition coefficient (Wildman–Crippen LogP) is 3.30. The number of nitrogens with two attached hydrogens (primary N) is 1. The molecular weight excluding hydrogens is 315 g/mol. The lowest BCUT2D eigenvalue weighted by atomic mass is 9.74. The van der Waals surface area contributed by atoms with Gasteiger partial charge in [0.05, 0.1) is 5.92 Å². The highest BCUT2D eigenvalue weighted by Crippen LogP contribution is 2.47. The van der Waals surface area contributed by atoms with Crippen LogP contribution >= 0.6 is 12.4 Å². The van der Waals surface area contributed by atoms with Crippen molar-refractivity contribution in [2.45, 2.75) is 56.4 Å². The minimum Gasteiger partial charge on any atom is -0.355 e. The maximum absolute atomic E-state index is 13.1. The summed E-state index contributed by atoms with van der Waals surface area (Å²) in [6.45, 7) is 2.62. The maximum Gasteiger partial charge on any atom is 0.224 e. The monoisotopic (exact) mass is 340 g/mol. The van der Waals surface area contributed by atoms with Crippen LogP contribution in [-0.2, 0) is 10.2 Å². The van der Waals surface area contributed by atoms with Crippen molar-refractivity contribution in [2.75, 3.05) is 6.54 Å². The molecule has 128 valence electrons. The van der Waals surface area contributed by atoms with Crippen LogP contribution in [0.5, 0.6) is 0 Å². The molecule has 1 aromatic carbocycles. The number of halogens is 2. The Bertz CT molecular complexity index is 555. The second-order valence-electron chi connectivity index (χ2n) is 7.31. The summed E-state index contributed by atoms with van der Waals surface area (Å²) in [7, 11) is 0. The Balaban J connectivity index is 0.00000192. The van der Waals surface area contributed by atoms with Crippen molar-refractivity contribution in [1.82, 2.24) is 5.32 Å². The number of carbonyl (C=O) groups excluding carboxylic acids is 1. The maximum atomic E-state index is 13.1. The predicted molar refractivity (Wildman–Crippen MR) is 92.1 cm³/mol. The fourth-order valence-corrected chi connectivity index (χ4v) is 3.69. The van der Waals surface area contributed by atoms with Crippen molar-refractivity contribution in [2.24, 2.45) is 11.7 Å². The summed E-state index contributed by atoms with van der Waals surface area (Å²) in [6, 6.07) is 6.66. The molecular formula is C18H26ClFN2O. The molecule has 2 fully saturated rings. The Kier molecular flexibility index (Phi) is 5.37. The number of hydrogen-bond acceptors (Lipinski definition) is 2. The molecule has 3 rings (SSSR count). The standard InChI is InChI=1S/C18H25FN2O.ClH/c1-17(20)9-3-2-4-15(17)16(22)21-12-18(10-11-18)13-5-7-14(19)8-6-13;/h5-8,15H,2-4,9-12,20H2,1H3,(H,21,22);1H. The third-order valence-corrected chi connectivity index (χ3v) is 5.48. The van der Waals surface area contributed by atoms with Crippen LogP contribution in [0.3, 0.4) is 0 Å². The summed E-state index contributed by atoms with van der Waals surface area (Å²) in [5.74, 6) is -0.229. The number of carbonyl (C=O) groups is 1. The Morgan fingerprint density at radius 2 is 1.91 bits per heavy atom. The normalized spacial score (nSPS) is 28.6. The third kappa shape index (κ3) is 3.86. The average molecular weight is 341 g/mol. The number of nitrogens with one attached hydrogen (secondary N) is 1. The van der Waals surface area contributed by atoms with Gasteiger partial charge in [0.2, 0.25) is 5.91 Å².